The minimum absolute atomic E-state index is 1.20. The number of halogens is 2. The minimum atomic E-state index is -4.57. The Balaban J connectivity index is 3.89. The second kappa shape index (κ2) is 2.43. The zero-order valence-electron chi connectivity index (χ0n) is 2.80. The van der Waals surface area contributed by atoms with E-state index in [-0.39, 0.29) is 0 Å². The van der Waals surface area contributed by atoms with Crippen molar-refractivity contribution in [3.8, 4) is 0 Å². The third-order valence-corrected chi connectivity index (χ3v) is 1.08. The molecule has 0 aromatic carbocycles. The standard InChI is InChI=1S/F2O3S2/c1-5-7(3,4)6-2. The summed E-state index contributed by atoms with van der Waals surface area (Å²) in [5.74, 6) is 0. The molecule has 0 radical (unpaired) electrons. The van der Waals surface area contributed by atoms with Crippen LogP contribution in [-0.2, 0) is 13.5 Å². The van der Waals surface area contributed by atoms with Crippen molar-refractivity contribution in [2.45, 2.75) is 0 Å². The van der Waals surface area contributed by atoms with Gasteiger partial charge >= 0.3 is 9.15 Å². The van der Waals surface area contributed by atoms with Gasteiger partial charge in [0, 0.05) is 0 Å². The molecular formula is F2O3S2. The van der Waals surface area contributed by atoms with E-state index < -0.39 is 20.3 Å². The third kappa shape index (κ3) is 2.77. The van der Waals surface area contributed by atoms with Crippen LogP contribution in [0.5, 0.6) is 0 Å². The molecule has 0 aromatic rings. The maximum absolute atomic E-state index is 10.7. The van der Waals surface area contributed by atoms with E-state index in [9.17, 15) is 16.8 Å². The molecule has 0 fully saturated rings. The van der Waals surface area contributed by atoms with Crippen molar-refractivity contribution in [1.29, 1.82) is 0 Å². The Labute approximate surface area is 42.4 Å². The Morgan fingerprint density at radius 1 is 1.57 bits per heavy atom. The summed E-state index contributed by atoms with van der Waals surface area (Å²) >= 11 is -1.20. The van der Waals surface area contributed by atoms with Gasteiger partial charge in [0.05, 0.1) is 0 Å². The van der Waals surface area contributed by atoms with Gasteiger partial charge in [-0.2, -0.15) is 8.42 Å². The predicted octanol–water partition coefficient (Wildman–Crippen LogP) is 0.750. The largest absolute Gasteiger partial charge is 0.383 e. The molecular weight excluding hydrogens is 150 g/mol. The van der Waals surface area contributed by atoms with Crippen molar-refractivity contribution in [3.05, 3.63) is 0 Å². The lowest BCUT2D eigenvalue weighted by molar-refractivity contribution is 0.00750. The molecule has 0 aliphatic rings. The molecule has 0 bridgehead atoms. The minimum Gasteiger partial charge on any atom is -0.182 e. The molecule has 0 saturated heterocycles. The Hall–Kier alpha value is 0.120. The zero-order valence-corrected chi connectivity index (χ0v) is 4.43. The zero-order chi connectivity index (χ0) is 5.91. The van der Waals surface area contributed by atoms with Gasteiger partial charge in [-0.15, -0.1) is 3.89 Å². The molecule has 0 spiro atoms. The Morgan fingerprint density at radius 2 is 2.00 bits per heavy atom. The quantitative estimate of drug-likeness (QED) is 0.545. The maximum atomic E-state index is 10.7. The molecule has 0 N–H and O–H groups in total. The highest BCUT2D eigenvalue weighted by Gasteiger charge is 2.11. The molecule has 0 atom stereocenters. The lowest BCUT2D eigenvalue weighted by Gasteiger charge is -1.80. The highest BCUT2D eigenvalue weighted by molar-refractivity contribution is 8.68. The highest BCUT2D eigenvalue weighted by atomic mass is 33.2. The van der Waals surface area contributed by atoms with E-state index in [1.54, 1.807) is 0 Å². The van der Waals surface area contributed by atoms with Crippen molar-refractivity contribution >= 4 is 20.3 Å². The smallest absolute Gasteiger partial charge is 0.182 e. The van der Waals surface area contributed by atoms with Crippen molar-refractivity contribution in [1.82, 2.24) is 0 Å². The monoisotopic (exact) mass is 150 g/mol. The fraction of sp³-hybridized carbons (Fsp3) is 0. The topological polar surface area (TPSA) is 43.4 Å². The molecule has 0 aromatic heterocycles. The lowest BCUT2D eigenvalue weighted by atomic mass is 15.6. The summed E-state index contributed by atoms with van der Waals surface area (Å²) in [5.41, 5.74) is 0. The van der Waals surface area contributed by atoms with Crippen LogP contribution in [0.1, 0.15) is 0 Å². The second-order valence-electron chi connectivity index (χ2n) is 0.534. The van der Waals surface area contributed by atoms with E-state index in [1.807, 2.05) is 0 Å². The molecule has 3 nitrogen and oxygen atoms in total. The van der Waals surface area contributed by atoms with Gasteiger partial charge in [0.15, 0.2) is 0 Å². The first-order chi connectivity index (χ1) is 3.12. The summed E-state index contributed by atoms with van der Waals surface area (Å²) in [7, 11) is -4.57. The predicted molar refractivity (Wildman–Crippen MR) is 19.8 cm³/mol. The molecule has 0 aliphatic carbocycles. The van der Waals surface area contributed by atoms with Gasteiger partial charge in [-0.1, -0.05) is 4.39 Å². The second-order valence-corrected chi connectivity index (χ2v) is 3.21. The van der Waals surface area contributed by atoms with Crippen molar-refractivity contribution in [3.63, 3.8) is 0 Å². The molecule has 7 heavy (non-hydrogen) atoms. The van der Waals surface area contributed by atoms with Gasteiger partial charge in [-0.3, -0.25) is 0 Å². The number of hydrogen-bond acceptors (Lipinski definition) is 4. The lowest BCUT2D eigenvalue weighted by Crippen LogP contribution is -1.87. The third-order valence-electron chi connectivity index (χ3n) is 0.154. The first kappa shape index (κ1) is 7.12. The first-order valence-corrected chi connectivity index (χ1v) is 3.62. The van der Waals surface area contributed by atoms with Crippen LogP contribution in [0.4, 0.5) is 8.41 Å². The molecule has 0 rings (SSSR count). The van der Waals surface area contributed by atoms with Crippen LogP contribution < -0.4 is 0 Å². The highest BCUT2D eigenvalue weighted by Crippen LogP contribution is 2.14. The van der Waals surface area contributed by atoms with Crippen LogP contribution in [0.3, 0.4) is 0 Å². The van der Waals surface area contributed by atoms with E-state index in [1.165, 1.54) is 0 Å². The van der Waals surface area contributed by atoms with Crippen LogP contribution in [0.2, 0.25) is 0 Å². The van der Waals surface area contributed by atoms with Crippen LogP contribution in [0.25, 0.3) is 0 Å². The van der Waals surface area contributed by atoms with Crippen LogP contribution in [-0.4, -0.2) is 8.42 Å². The average Bonchev–Trinajstić information content (AvgIpc) is 1.68. The number of rotatable bonds is 2. The molecule has 0 unspecified atom stereocenters. The summed E-state index contributed by atoms with van der Waals surface area (Å²) in [4.78, 5) is 0. The summed E-state index contributed by atoms with van der Waals surface area (Å²) < 4.78 is 42.0. The Bertz CT molecular complexity index is 114. The van der Waals surface area contributed by atoms with Gasteiger partial charge in [0.2, 0.25) is 11.2 Å². The van der Waals surface area contributed by atoms with Gasteiger partial charge in [0.25, 0.3) is 0 Å². The molecule has 44 valence electrons. The van der Waals surface area contributed by atoms with Crippen LogP contribution in [0.15, 0.2) is 0 Å². The summed E-state index contributed by atoms with van der Waals surface area (Å²) in [6.07, 6.45) is 0. The van der Waals surface area contributed by atoms with Crippen molar-refractivity contribution in [2.75, 3.05) is 0 Å². The van der Waals surface area contributed by atoms with Crippen LogP contribution >= 0.6 is 11.2 Å². The molecule has 0 heterocycles. The number of hydrogen-bond donors (Lipinski definition) is 0. The molecule has 7 heteroatoms. The van der Waals surface area contributed by atoms with Gasteiger partial charge in [0.1, 0.15) is 0 Å². The summed E-state index contributed by atoms with van der Waals surface area (Å²) in [6.45, 7) is 0. The van der Waals surface area contributed by atoms with E-state index >= 15 is 0 Å². The summed E-state index contributed by atoms with van der Waals surface area (Å²) in [5, 5.41) is 0. The van der Waals surface area contributed by atoms with Crippen molar-refractivity contribution in [2.24, 2.45) is 0 Å². The van der Waals surface area contributed by atoms with E-state index in [2.05, 4.69) is 4.39 Å². The average molecular weight is 150 g/mol. The fourth-order valence-electron chi connectivity index (χ4n) is 0.00972. The molecule has 0 saturated carbocycles. The fourth-order valence-corrected chi connectivity index (χ4v) is 0.0875. The van der Waals surface area contributed by atoms with E-state index in [0.717, 1.165) is 0 Å². The van der Waals surface area contributed by atoms with Gasteiger partial charge in [-0.25, -0.2) is 0 Å². The maximum Gasteiger partial charge on any atom is 0.383 e. The van der Waals surface area contributed by atoms with Crippen molar-refractivity contribution < 1.29 is 21.2 Å². The van der Waals surface area contributed by atoms with Gasteiger partial charge < -0.3 is 0 Å². The van der Waals surface area contributed by atoms with Gasteiger partial charge in [-0.05, 0) is 4.53 Å². The van der Waals surface area contributed by atoms with E-state index in [0.29, 0.717) is 0 Å². The Kier molecular flexibility index (Phi) is 2.47. The van der Waals surface area contributed by atoms with Crippen LogP contribution in [0, 0.1) is 0 Å². The summed E-state index contributed by atoms with van der Waals surface area (Å²) in [6, 6.07) is 0. The Morgan fingerprint density at radius 3 is 2.00 bits per heavy atom. The molecule has 0 amide bonds. The normalized spacial score (nSPS) is 11.7. The SMILES string of the molecule is O=S(=O)(OF)SF. The van der Waals surface area contributed by atoms with E-state index in [4.69, 9.17) is 0 Å². The first-order valence-electron chi connectivity index (χ1n) is 0.975. The molecule has 0 aliphatic heterocycles.